The third kappa shape index (κ3) is 8.53. The Bertz CT molecular complexity index is 4350. The average Bonchev–Trinajstić information content (AvgIpc) is 1.69. The molecule has 10 aromatic rings. The minimum atomic E-state index is -0.245. The first-order valence-electron chi connectivity index (χ1n) is 32.2. The average molecular weight is 1130 g/mol. The van der Waals surface area contributed by atoms with E-state index in [-0.39, 0.29) is 33.9 Å². The standard InChI is InChI=1S/C82H79BN4/c1-78(2,3)61-34-38-71(67(46-61)55-26-16-11-17-27-55)86-73-37-33-56(54-24-14-10-15-25-54)43-69(73)83-70-44-59-52-80(6,7)53-60(59)45-74(70)85(64-35-32-57-50-79(4,5)51-58(57)42-64)75-48-66(49-76(86)77(75)83)87-72-39-36-65(47-68(72)81(8)40-22-23-41-82(81,87)9)84(62-28-18-12-19-29-62)63-30-20-13-21-31-63/h10-21,24-39,42-49H,22-23,40-41,50-53H2,1-9H3. The highest BCUT2D eigenvalue weighted by Crippen LogP contribution is 2.63. The Hall–Kier alpha value is -8.54. The fourth-order valence-corrected chi connectivity index (χ4v) is 17.1. The molecule has 3 aliphatic carbocycles. The van der Waals surface area contributed by atoms with Gasteiger partial charge in [0.1, 0.15) is 0 Å². The highest BCUT2D eigenvalue weighted by Gasteiger charge is 2.58. The lowest BCUT2D eigenvalue weighted by Crippen LogP contribution is -2.61. The summed E-state index contributed by atoms with van der Waals surface area (Å²) in [6, 6.07) is 84.6. The zero-order chi connectivity index (χ0) is 59.4. The van der Waals surface area contributed by atoms with E-state index in [4.69, 9.17) is 0 Å². The van der Waals surface area contributed by atoms with Crippen molar-refractivity contribution < 1.29 is 0 Å². The van der Waals surface area contributed by atoms with Crippen LogP contribution in [0.3, 0.4) is 0 Å². The molecule has 2 atom stereocenters. The molecule has 16 rings (SSSR count). The zero-order valence-corrected chi connectivity index (χ0v) is 52.3. The summed E-state index contributed by atoms with van der Waals surface area (Å²) in [5.41, 5.74) is 31.2. The maximum atomic E-state index is 2.85. The second-order valence-corrected chi connectivity index (χ2v) is 29.5. The predicted octanol–water partition coefficient (Wildman–Crippen LogP) is 19.9. The minimum absolute atomic E-state index is 0.0486. The minimum Gasteiger partial charge on any atom is -0.334 e. The molecule has 10 aromatic carbocycles. The molecule has 430 valence electrons. The van der Waals surface area contributed by atoms with Crippen molar-refractivity contribution in [2.45, 2.75) is 130 Å². The van der Waals surface area contributed by atoms with Crippen molar-refractivity contribution in [1.82, 2.24) is 0 Å². The van der Waals surface area contributed by atoms with Gasteiger partial charge in [-0.15, -0.1) is 0 Å². The van der Waals surface area contributed by atoms with E-state index in [9.17, 15) is 0 Å². The summed E-state index contributed by atoms with van der Waals surface area (Å²) in [6.07, 6.45) is 8.88. The van der Waals surface area contributed by atoms with Gasteiger partial charge in [-0.1, -0.05) is 196 Å². The van der Waals surface area contributed by atoms with Crippen LogP contribution < -0.4 is 36.0 Å². The van der Waals surface area contributed by atoms with Gasteiger partial charge in [-0.2, -0.15) is 0 Å². The van der Waals surface area contributed by atoms with E-state index in [1.807, 2.05) is 0 Å². The lowest BCUT2D eigenvalue weighted by Gasteiger charge is -2.51. The molecule has 0 saturated heterocycles. The van der Waals surface area contributed by atoms with Crippen LogP contribution in [0.15, 0.2) is 218 Å². The van der Waals surface area contributed by atoms with Crippen LogP contribution in [0.4, 0.5) is 62.6 Å². The summed E-state index contributed by atoms with van der Waals surface area (Å²) < 4.78 is 0. The molecule has 0 radical (unpaired) electrons. The monoisotopic (exact) mass is 1130 g/mol. The van der Waals surface area contributed by atoms with Crippen LogP contribution in [0.1, 0.15) is 121 Å². The van der Waals surface area contributed by atoms with Gasteiger partial charge in [0.15, 0.2) is 0 Å². The zero-order valence-electron chi connectivity index (χ0n) is 52.3. The van der Waals surface area contributed by atoms with E-state index in [0.717, 1.165) is 49.9 Å². The molecule has 5 heteroatoms. The van der Waals surface area contributed by atoms with Gasteiger partial charge in [0.2, 0.25) is 0 Å². The van der Waals surface area contributed by atoms with Crippen LogP contribution in [-0.2, 0) is 36.5 Å². The number of para-hydroxylation sites is 2. The molecule has 0 spiro atoms. The van der Waals surface area contributed by atoms with Crippen molar-refractivity contribution in [2.24, 2.45) is 10.8 Å². The van der Waals surface area contributed by atoms with Gasteiger partial charge in [-0.25, -0.2) is 0 Å². The van der Waals surface area contributed by atoms with Crippen molar-refractivity contribution in [2.75, 3.05) is 19.6 Å². The van der Waals surface area contributed by atoms with Crippen molar-refractivity contribution in [1.29, 1.82) is 0 Å². The molecule has 3 heterocycles. The summed E-state index contributed by atoms with van der Waals surface area (Å²) >= 11 is 0. The van der Waals surface area contributed by atoms with E-state index >= 15 is 0 Å². The summed E-state index contributed by atoms with van der Waals surface area (Å²) in [4.78, 5) is 10.8. The smallest absolute Gasteiger partial charge is 0.252 e. The van der Waals surface area contributed by atoms with Crippen LogP contribution in [-0.4, -0.2) is 12.3 Å². The van der Waals surface area contributed by atoms with Crippen molar-refractivity contribution >= 4 is 85.7 Å². The first kappa shape index (κ1) is 53.9. The van der Waals surface area contributed by atoms with Crippen LogP contribution in [0.25, 0.3) is 22.3 Å². The van der Waals surface area contributed by atoms with E-state index in [1.54, 1.807) is 0 Å². The molecular formula is C82H79BN4. The Morgan fingerprint density at radius 2 is 0.966 bits per heavy atom. The Kier molecular flexibility index (Phi) is 12.1. The highest BCUT2D eigenvalue weighted by molar-refractivity contribution is 7.00. The molecule has 4 nitrogen and oxygen atoms in total. The van der Waals surface area contributed by atoms with Crippen LogP contribution >= 0.6 is 0 Å². The number of nitrogens with zero attached hydrogens (tertiary/aromatic N) is 4. The molecular weight excluding hydrogens is 1050 g/mol. The van der Waals surface area contributed by atoms with E-state index in [2.05, 4.69) is 300 Å². The van der Waals surface area contributed by atoms with Crippen LogP contribution in [0.2, 0.25) is 0 Å². The summed E-state index contributed by atoms with van der Waals surface area (Å²) in [7, 11) is 0. The normalized spacial score (nSPS) is 19.8. The van der Waals surface area contributed by atoms with Crippen LogP contribution in [0, 0.1) is 10.8 Å². The third-order valence-electron chi connectivity index (χ3n) is 21.4. The first-order valence-corrected chi connectivity index (χ1v) is 32.2. The second kappa shape index (κ2) is 19.5. The Morgan fingerprint density at radius 1 is 0.402 bits per heavy atom. The predicted molar refractivity (Wildman–Crippen MR) is 370 cm³/mol. The number of rotatable bonds is 8. The molecule has 0 amide bonds. The van der Waals surface area contributed by atoms with Crippen molar-refractivity contribution in [3.05, 3.63) is 252 Å². The maximum Gasteiger partial charge on any atom is 0.252 e. The molecule has 87 heavy (non-hydrogen) atoms. The fraction of sp³-hybridized carbons (Fsp3) is 0.268. The van der Waals surface area contributed by atoms with E-state index < -0.39 is 0 Å². The van der Waals surface area contributed by atoms with E-state index in [1.165, 1.54) is 136 Å². The molecule has 2 unspecified atom stereocenters. The largest absolute Gasteiger partial charge is 0.334 e. The lowest BCUT2D eigenvalue weighted by molar-refractivity contribution is 0.195. The molecule has 0 N–H and O–H groups in total. The molecule has 0 bridgehead atoms. The van der Waals surface area contributed by atoms with E-state index in [0.29, 0.717) is 0 Å². The Morgan fingerprint density at radius 3 is 1.63 bits per heavy atom. The number of fused-ring (bicyclic) bond motifs is 9. The Labute approximate surface area is 517 Å². The molecule has 1 fully saturated rings. The molecule has 3 aliphatic heterocycles. The SMILES string of the molecule is CC1(C)Cc2ccc(N3c4cc5c(cc4B4c6cc(-c7ccccc7)ccc6N(c6ccc(C(C)(C)C)cc6-c6ccccc6)c6cc(N7c8ccc(N(c9ccccc9)c9ccccc9)cc8C8(C)CCCCC78C)cc3c64)CC(C)(C)C5)cc2C1. The van der Waals surface area contributed by atoms with Gasteiger partial charge in [-0.3, -0.25) is 0 Å². The van der Waals surface area contributed by atoms with Gasteiger partial charge < -0.3 is 19.6 Å². The third-order valence-corrected chi connectivity index (χ3v) is 21.4. The number of benzene rings is 10. The van der Waals surface area contributed by atoms with Gasteiger partial charge in [0, 0.05) is 67.9 Å². The fourth-order valence-electron chi connectivity index (χ4n) is 17.1. The highest BCUT2D eigenvalue weighted by atomic mass is 15.3. The Balaban J connectivity index is 1.01. The molecule has 6 aliphatic rings. The number of hydrogen-bond acceptors (Lipinski definition) is 4. The number of anilines is 11. The maximum absolute atomic E-state index is 2.85. The van der Waals surface area contributed by atoms with Crippen molar-refractivity contribution in [3.8, 4) is 22.3 Å². The van der Waals surface area contributed by atoms with Crippen molar-refractivity contribution in [3.63, 3.8) is 0 Å². The summed E-state index contributed by atoms with van der Waals surface area (Å²) in [5.74, 6) is 0. The summed E-state index contributed by atoms with van der Waals surface area (Å²) in [6.45, 7) is 22.1. The van der Waals surface area contributed by atoms with Crippen LogP contribution in [0.5, 0.6) is 0 Å². The second-order valence-electron chi connectivity index (χ2n) is 29.5. The quantitative estimate of drug-likeness (QED) is 0.141. The van der Waals surface area contributed by atoms with Gasteiger partial charge in [-0.05, 0) is 219 Å². The number of hydrogen-bond donors (Lipinski definition) is 0. The topological polar surface area (TPSA) is 13.0 Å². The molecule has 1 saturated carbocycles. The van der Waals surface area contributed by atoms with Gasteiger partial charge in [0.25, 0.3) is 6.71 Å². The first-order chi connectivity index (χ1) is 41.9. The van der Waals surface area contributed by atoms with Gasteiger partial charge >= 0.3 is 0 Å². The lowest BCUT2D eigenvalue weighted by atomic mass is 9.33. The van der Waals surface area contributed by atoms with Gasteiger partial charge in [0.05, 0.1) is 11.2 Å². The molecule has 0 aromatic heterocycles. The summed E-state index contributed by atoms with van der Waals surface area (Å²) in [5, 5.41) is 0.